The molecule has 95 valence electrons. The van der Waals surface area contributed by atoms with Gasteiger partial charge in [-0.3, -0.25) is 0 Å². The zero-order valence-electron chi connectivity index (χ0n) is 11.2. The molecule has 1 unspecified atom stereocenters. The molecule has 0 aromatic heterocycles. The Morgan fingerprint density at radius 2 is 1.82 bits per heavy atom. The van der Waals surface area contributed by atoms with Crippen LogP contribution in [0.2, 0.25) is 0 Å². The van der Waals surface area contributed by atoms with E-state index in [2.05, 4.69) is 44.2 Å². The highest BCUT2D eigenvalue weighted by Crippen LogP contribution is 2.24. The Hall–Kier alpha value is -0.820. The van der Waals surface area contributed by atoms with Crippen molar-refractivity contribution in [1.29, 1.82) is 0 Å². The molecule has 0 N–H and O–H groups in total. The first kappa shape index (κ1) is 14.2. The average Bonchev–Trinajstić information content (AvgIpc) is 2.38. The largest absolute Gasteiger partial charge is 0.368 e. The molecular formula is C16H25O. The van der Waals surface area contributed by atoms with E-state index < -0.39 is 0 Å². The van der Waals surface area contributed by atoms with Crippen molar-refractivity contribution < 1.29 is 4.74 Å². The predicted octanol–water partition coefficient (Wildman–Crippen LogP) is 5.29. The second-order valence-corrected chi connectivity index (χ2v) is 4.49. The van der Waals surface area contributed by atoms with Gasteiger partial charge in [0, 0.05) is 0 Å². The fourth-order valence-corrected chi connectivity index (χ4v) is 1.91. The summed E-state index contributed by atoms with van der Waals surface area (Å²) in [6.45, 7) is 6.43. The molecule has 0 spiro atoms. The predicted molar refractivity (Wildman–Crippen MR) is 73.6 cm³/mol. The first-order chi connectivity index (χ1) is 8.38. The maximum absolute atomic E-state index is 5.89. The van der Waals surface area contributed by atoms with Crippen LogP contribution in [-0.2, 0) is 4.74 Å². The first-order valence-corrected chi connectivity index (χ1v) is 6.90. The number of benzene rings is 1. The summed E-state index contributed by atoms with van der Waals surface area (Å²) in [4.78, 5) is 0. The van der Waals surface area contributed by atoms with Crippen LogP contribution in [0.25, 0.3) is 0 Å². The van der Waals surface area contributed by atoms with Gasteiger partial charge < -0.3 is 4.74 Å². The van der Waals surface area contributed by atoms with Crippen LogP contribution >= 0.6 is 0 Å². The molecule has 0 amide bonds. The molecule has 0 aliphatic carbocycles. The number of rotatable bonds is 9. The lowest BCUT2D eigenvalue weighted by molar-refractivity contribution is 0.0917. The Labute approximate surface area is 106 Å². The standard InChI is InChI=1S/C16H25O/c1-3-5-6-10-14-17-16(11-4-2)15-12-8-7-9-13-15/h7-9,12-14,16H,3-6,10-11H2,1-2H3. The fraction of sp³-hybridized carbons (Fsp3) is 0.562. The van der Waals surface area contributed by atoms with E-state index in [4.69, 9.17) is 4.74 Å². The minimum Gasteiger partial charge on any atom is -0.368 e. The molecule has 1 aromatic rings. The summed E-state index contributed by atoms with van der Waals surface area (Å²) in [7, 11) is 0. The summed E-state index contributed by atoms with van der Waals surface area (Å²) in [5.74, 6) is 0. The zero-order valence-corrected chi connectivity index (χ0v) is 11.2. The van der Waals surface area contributed by atoms with Crippen LogP contribution in [0.1, 0.15) is 64.0 Å². The molecule has 0 fully saturated rings. The summed E-state index contributed by atoms with van der Waals surface area (Å²) in [6, 6.07) is 10.5. The minimum absolute atomic E-state index is 0.239. The lowest BCUT2D eigenvalue weighted by atomic mass is 10.1. The van der Waals surface area contributed by atoms with Crippen LogP contribution in [0.5, 0.6) is 0 Å². The van der Waals surface area contributed by atoms with Gasteiger partial charge in [0.15, 0.2) is 0 Å². The molecule has 0 aliphatic rings. The van der Waals surface area contributed by atoms with Crippen LogP contribution in [0.4, 0.5) is 0 Å². The maximum atomic E-state index is 5.89. The number of ether oxygens (including phenoxy) is 1. The molecule has 0 saturated carbocycles. The van der Waals surface area contributed by atoms with E-state index >= 15 is 0 Å². The van der Waals surface area contributed by atoms with Gasteiger partial charge in [0.25, 0.3) is 0 Å². The lowest BCUT2D eigenvalue weighted by Gasteiger charge is -2.17. The van der Waals surface area contributed by atoms with Crippen molar-refractivity contribution in [3.8, 4) is 0 Å². The van der Waals surface area contributed by atoms with Crippen molar-refractivity contribution in [2.75, 3.05) is 0 Å². The zero-order chi connectivity index (χ0) is 12.3. The van der Waals surface area contributed by atoms with Gasteiger partial charge in [0.2, 0.25) is 0 Å². The smallest absolute Gasteiger partial charge is 0.0845 e. The van der Waals surface area contributed by atoms with Crippen molar-refractivity contribution in [2.45, 2.75) is 58.5 Å². The van der Waals surface area contributed by atoms with Crippen molar-refractivity contribution >= 4 is 0 Å². The third kappa shape index (κ3) is 5.88. The fourth-order valence-electron chi connectivity index (χ4n) is 1.91. The molecule has 0 heterocycles. The lowest BCUT2D eigenvalue weighted by Crippen LogP contribution is -2.02. The molecule has 0 aliphatic heterocycles. The highest BCUT2D eigenvalue weighted by Gasteiger charge is 2.10. The van der Waals surface area contributed by atoms with E-state index in [0.29, 0.717) is 0 Å². The summed E-state index contributed by atoms with van der Waals surface area (Å²) in [5.41, 5.74) is 1.29. The molecule has 1 rings (SSSR count). The van der Waals surface area contributed by atoms with E-state index in [9.17, 15) is 0 Å². The van der Waals surface area contributed by atoms with E-state index in [1.165, 1.54) is 24.8 Å². The Morgan fingerprint density at radius 1 is 1.06 bits per heavy atom. The number of hydrogen-bond acceptors (Lipinski definition) is 1. The second-order valence-electron chi connectivity index (χ2n) is 4.49. The summed E-state index contributed by atoms with van der Waals surface area (Å²) < 4.78 is 5.89. The van der Waals surface area contributed by atoms with Gasteiger partial charge in [-0.25, -0.2) is 0 Å². The van der Waals surface area contributed by atoms with E-state index in [1.807, 2.05) is 6.61 Å². The third-order valence-electron chi connectivity index (χ3n) is 2.91. The van der Waals surface area contributed by atoms with Crippen molar-refractivity contribution in [1.82, 2.24) is 0 Å². The van der Waals surface area contributed by atoms with E-state index in [0.717, 1.165) is 19.3 Å². The van der Waals surface area contributed by atoms with Gasteiger partial charge in [0.05, 0.1) is 12.7 Å². The molecule has 1 aromatic carbocycles. The Kier molecular flexibility index (Phi) is 7.74. The molecule has 0 saturated heterocycles. The monoisotopic (exact) mass is 233 g/mol. The van der Waals surface area contributed by atoms with Gasteiger partial charge in [0.1, 0.15) is 0 Å². The Morgan fingerprint density at radius 3 is 2.47 bits per heavy atom. The highest BCUT2D eigenvalue weighted by molar-refractivity contribution is 5.17. The topological polar surface area (TPSA) is 9.23 Å². The average molecular weight is 233 g/mol. The van der Waals surface area contributed by atoms with Crippen molar-refractivity contribution in [2.24, 2.45) is 0 Å². The quantitative estimate of drug-likeness (QED) is 0.527. The van der Waals surface area contributed by atoms with Crippen LogP contribution in [0, 0.1) is 6.61 Å². The molecule has 1 heteroatoms. The minimum atomic E-state index is 0.239. The maximum Gasteiger partial charge on any atom is 0.0845 e. The first-order valence-electron chi connectivity index (χ1n) is 6.90. The molecule has 17 heavy (non-hydrogen) atoms. The van der Waals surface area contributed by atoms with Crippen molar-refractivity contribution in [3.63, 3.8) is 0 Å². The van der Waals surface area contributed by atoms with Crippen LogP contribution in [0.15, 0.2) is 30.3 Å². The SMILES string of the molecule is CCCCC[CH]OC(CCC)c1ccccc1. The highest BCUT2D eigenvalue weighted by atomic mass is 16.5. The normalized spacial score (nSPS) is 12.6. The molecule has 1 nitrogen and oxygen atoms in total. The van der Waals surface area contributed by atoms with Gasteiger partial charge in [-0.15, -0.1) is 0 Å². The summed E-state index contributed by atoms with van der Waals surface area (Å²) >= 11 is 0. The van der Waals surface area contributed by atoms with Gasteiger partial charge in [-0.05, 0) is 18.4 Å². The Balaban J connectivity index is 2.33. The third-order valence-corrected chi connectivity index (χ3v) is 2.91. The van der Waals surface area contributed by atoms with Gasteiger partial charge in [-0.1, -0.05) is 69.9 Å². The molecule has 1 atom stereocenters. The van der Waals surface area contributed by atoms with E-state index in [1.54, 1.807) is 0 Å². The van der Waals surface area contributed by atoms with Crippen molar-refractivity contribution in [3.05, 3.63) is 42.5 Å². The molecule has 0 bridgehead atoms. The summed E-state index contributed by atoms with van der Waals surface area (Å²) in [5, 5.41) is 0. The molecular weight excluding hydrogens is 208 g/mol. The summed E-state index contributed by atoms with van der Waals surface area (Å²) in [6.07, 6.45) is 7.36. The number of hydrogen-bond donors (Lipinski definition) is 0. The number of unbranched alkanes of at least 4 members (excludes halogenated alkanes) is 3. The van der Waals surface area contributed by atoms with Crippen LogP contribution < -0.4 is 0 Å². The van der Waals surface area contributed by atoms with E-state index in [-0.39, 0.29) is 6.10 Å². The Bertz CT molecular complexity index is 268. The van der Waals surface area contributed by atoms with Gasteiger partial charge in [-0.2, -0.15) is 0 Å². The van der Waals surface area contributed by atoms with Gasteiger partial charge >= 0.3 is 0 Å². The van der Waals surface area contributed by atoms with Crippen LogP contribution in [-0.4, -0.2) is 0 Å². The second kappa shape index (κ2) is 9.23. The van der Waals surface area contributed by atoms with Crippen LogP contribution in [0.3, 0.4) is 0 Å². The molecule has 1 radical (unpaired) electrons.